The fourth-order valence-corrected chi connectivity index (χ4v) is 3.44. The molecule has 1 aliphatic heterocycles. The molecule has 1 aliphatic rings. The molecule has 0 radical (unpaired) electrons. The van der Waals surface area contributed by atoms with E-state index in [1.165, 1.54) is 0 Å². The first kappa shape index (κ1) is 20.6. The van der Waals surface area contributed by atoms with Gasteiger partial charge in [0.15, 0.2) is 17.3 Å². The topological polar surface area (TPSA) is 97.4 Å². The zero-order chi connectivity index (χ0) is 21.1. The van der Waals surface area contributed by atoms with Crippen molar-refractivity contribution < 1.29 is 14.4 Å². The van der Waals surface area contributed by atoms with E-state index >= 15 is 0 Å². The molecule has 30 heavy (non-hydrogen) atoms. The van der Waals surface area contributed by atoms with Gasteiger partial charge in [0, 0.05) is 30.7 Å². The number of methoxy groups -OCH3 is 1. The van der Waals surface area contributed by atoms with Gasteiger partial charge in [-0.1, -0.05) is 40.2 Å². The molecule has 3 aromatic rings. The summed E-state index contributed by atoms with van der Waals surface area (Å²) in [6.07, 6.45) is 0.696. The Hall–Kier alpha value is -2.70. The first-order chi connectivity index (χ1) is 14.5. The zero-order valence-corrected chi connectivity index (χ0v) is 17.5. The largest absolute Gasteiger partial charge is 0.388 e. The predicted molar refractivity (Wildman–Crippen MR) is 111 cm³/mol. The number of hydrogen-bond donors (Lipinski definition) is 1. The average Bonchev–Trinajstić information content (AvgIpc) is 3.42. The molecular formula is C20H17Cl2N5O3. The summed E-state index contributed by atoms with van der Waals surface area (Å²) in [7, 11) is 1.64. The Morgan fingerprint density at radius 3 is 2.83 bits per heavy atom. The molecule has 0 spiro atoms. The van der Waals surface area contributed by atoms with E-state index in [2.05, 4.69) is 32.2 Å². The van der Waals surface area contributed by atoms with Gasteiger partial charge in [-0.25, -0.2) is 0 Å². The van der Waals surface area contributed by atoms with Crippen LogP contribution in [0.25, 0.3) is 11.6 Å². The summed E-state index contributed by atoms with van der Waals surface area (Å²) in [4.78, 5) is 6.07. The summed E-state index contributed by atoms with van der Waals surface area (Å²) in [6.45, 7) is 0.927. The lowest BCUT2D eigenvalue weighted by Gasteiger charge is -2.22. The standard InChI is InChI=1S/C20H17Cl2N5O3/c1-29-20(7-6-13-10-14(21)2-3-15(13)22)8-9-27(12-20)18-5-4-16(24-25-18)19-23-17(11-28)26-30-19/h2-5,10,28H,8-9,11-12H2,1H3. The molecule has 0 bridgehead atoms. The monoisotopic (exact) mass is 445 g/mol. The molecule has 4 rings (SSSR count). The number of aromatic nitrogens is 4. The predicted octanol–water partition coefficient (Wildman–Crippen LogP) is 2.97. The molecule has 8 nitrogen and oxygen atoms in total. The van der Waals surface area contributed by atoms with Crippen molar-refractivity contribution in [3.05, 3.63) is 51.8 Å². The summed E-state index contributed by atoms with van der Waals surface area (Å²) in [5.41, 5.74) is 0.428. The van der Waals surface area contributed by atoms with Crippen molar-refractivity contribution in [1.82, 2.24) is 20.3 Å². The number of nitrogens with zero attached hydrogens (tertiary/aromatic N) is 5. The molecule has 0 amide bonds. The highest BCUT2D eigenvalue weighted by Gasteiger charge is 2.37. The molecular weight excluding hydrogens is 429 g/mol. The Kier molecular flexibility index (Phi) is 5.88. The van der Waals surface area contributed by atoms with Gasteiger partial charge in [0.05, 0.1) is 11.6 Å². The number of ether oxygens (including phenoxy) is 1. The summed E-state index contributed by atoms with van der Waals surface area (Å²) in [5.74, 6) is 7.39. The molecule has 1 N–H and O–H groups in total. The van der Waals surface area contributed by atoms with Crippen LogP contribution in [0.5, 0.6) is 0 Å². The Morgan fingerprint density at radius 2 is 2.13 bits per heavy atom. The second kappa shape index (κ2) is 8.58. The molecule has 0 aliphatic carbocycles. The summed E-state index contributed by atoms with van der Waals surface area (Å²) >= 11 is 12.3. The van der Waals surface area contributed by atoms with E-state index in [1.807, 2.05) is 11.0 Å². The average molecular weight is 446 g/mol. The highest BCUT2D eigenvalue weighted by molar-refractivity contribution is 6.33. The molecule has 0 saturated carbocycles. The maximum Gasteiger partial charge on any atom is 0.278 e. The van der Waals surface area contributed by atoms with Crippen LogP contribution in [0.4, 0.5) is 5.82 Å². The van der Waals surface area contributed by atoms with E-state index in [0.717, 1.165) is 0 Å². The number of rotatable bonds is 4. The van der Waals surface area contributed by atoms with Gasteiger partial charge in [0.1, 0.15) is 12.2 Å². The quantitative estimate of drug-likeness (QED) is 0.611. The van der Waals surface area contributed by atoms with Crippen molar-refractivity contribution in [2.45, 2.75) is 18.6 Å². The van der Waals surface area contributed by atoms with Gasteiger partial charge in [-0.3, -0.25) is 0 Å². The van der Waals surface area contributed by atoms with Gasteiger partial charge in [0.2, 0.25) is 0 Å². The van der Waals surface area contributed by atoms with Crippen LogP contribution in [0.2, 0.25) is 10.0 Å². The molecule has 1 unspecified atom stereocenters. The maximum atomic E-state index is 9.04. The van der Waals surface area contributed by atoms with Crippen molar-refractivity contribution in [1.29, 1.82) is 0 Å². The van der Waals surface area contributed by atoms with Crippen LogP contribution in [0, 0.1) is 11.8 Å². The molecule has 2 aromatic heterocycles. The highest BCUT2D eigenvalue weighted by atomic mass is 35.5. The molecule has 3 heterocycles. The Morgan fingerprint density at radius 1 is 1.27 bits per heavy atom. The molecule has 1 fully saturated rings. The normalized spacial score (nSPS) is 18.3. The van der Waals surface area contributed by atoms with Gasteiger partial charge < -0.3 is 19.3 Å². The lowest BCUT2D eigenvalue weighted by molar-refractivity contribution is 0.0602. The number of hydrogen-bond acceptors (Lipinski definition) is 8. The lowest BCUT2D eigenvalue weighted by atomic mass is 10.0. The molecule has 10 heteroatoms. The lowest BCUT2D eigenvalue weighted by Crippen LogP contribution is -2.34. The minimum atomic E-state index is -0.658. The number of halogens is 2. The van der Waals surface area contributed by atoms with Crippen molar-refractivity contribution in [2.75, 3.05) is 25.1 Å². The van der Waals surface area contributed by atoms with Crippen LogP contribution in [0.15, 0.2) is 34.9 Å². The third kappa shape index (κ3) is 4.25. The Balaban J connectivity index is 1.51. The van der Waals surface area contributed by atoms with Crippen molar-refractivity contribution in [2.24, 2.45) is 0 Å². The van der Waals surface area contributed by atoms with Gasteiger partial charge in [-0.15, -0.1) is 10.2 Å². The third-order valence-corrected chi connectivity index (χ3v) is 5.34. The molecule has 1 saturated heterocycles. The highest BCUT2D eigenvalue weighted by Crippen LogP contribution is 2.29. The SMILES string of the molecule is COC1(C#Cc2cc(Cl)ccc2Cl)CCN(c2ccc(-c3nc(CO)no3)nn2)C1. The van der Waals surface area contributed by atoms with E-state index in [1.54, 1.807) is 31.4 Å². The number of anilines is 1. The maximum absolute atomic E-state index is 9.04. The van der Waals surface area contributed by atoms with E-state index in [9.17, 15) is 0 Å². The minimum Gasteiger partial charge on any atom is -0.388 e. The second-order valence-corrected chi connectivity index (χ2v) is 7.54. The van der Waals surface area contributed by atoms with Gasteiger partial charge >= 0.3 is 0 Å². The summed E-state index contributed by atoms with van der Waals surface area (Å²) < 4.78 is 10.8. The smallest absolute Gasteiger partial charge is 0.278 e. The van der Waals surface area contributed by atoms with Crippen LogP contribution in [-0.2, 0) is 11.3 Å². The van der Waals surface area contributed by atoms with Gasteiger partial charge in [-0.05, 0) is 30.3 Å². The van der Waals surface area contributed by atoms with Crippen LogP contribution < -0.4 is 4.90 Å². The third-order valence-electron chi connectivity index (χ3n) is 4.78. The second-order valence-electron chi connectivity index (χ2n) is 6.69. The molecule has 1 aromatic carbocycles. The fourth-order valence-electron chi connectivity index (χ4n) is 3.10. The van der Waals surface area contributed by atoms with Crippen molar-refractivity contribution in [3.63, 3.8) is 0 Å². The summed E-state index contributed by atoms with van der Waals surface area (Å²) in [6, 6.07) is 8.73. The Labute approximate surface area is 182 Å². The van der Waals surface area contributed by atoms with Gasteiger partial charge in [0.25, 0.3) is 5.89 Å². The fraction of sp³-hybridized carbons (Fsp3) is 0.300. The van der Waals surface area contributed by atoms with Crippen molar-refractivity contribution in [3.8, 4) is 23.4 Å². The zero-order valence-electron chi connectivity index (χ0n) is 16.0. The minimum absolute atomic E-state index is 0.193. The van der Waals surface area contributed by atoms with Crippen molar-refractivity contribution >= 4 is 29.0 Å². The first-order valence-corrected chi connectivity index (χ1v) is 9.83. The van der Waals surface area contributed by atoms with E-state index < -0.39 is 5.60 Å². The van der Waals surface area contributed by atoms with E-state index in [4.69, 9.17) is 37.6 Å². The first-order valence-electron chi connectivity index (χ1n) is 9.08. The van der Waals surface area contributed by atoms with Gasteiger partial charge in [-0.2, -0.15) is 4.98 Å². The van der Waals surface area contributed by atoms with Crippen LogP contribution in [0.3, 0.4) is 0 Å². The number of aliphatic hydroxyl groups excluding tert-OH is 1. The summed E-state index contributed by atoms with van der Waals surface area (Å²) in [5, 5.41) is 22.2. The number of aliphatic hydroxyl groups is 1. The van der Waals surface area contributed by atoms with E-state index in [0.29, 0.717) is 46.6 Å². The number of benzene rings is 1. The molecule has 154 valence electrons. The Bertz CT molecular complexity index is 1110. The molecule has 1 atom stereocenters. The van der Waals surface area contributed by atoms with Crippen LogP contribution in [0.1, 0.15) is 17.8 Å². The van der Waals surface area contributed by atoms with E-state index in [-0.39, 0.29) is 18.3 Å². The van der Waals surface area contributed by atoms with Crippen LogP contribution >= 0.6 is 23.2 Å². The van der Waals surface area contributed by atoms with Crippen LogP contribution in [-0.4, -0.2) is 51.2 Å².